The van der Waals surface area contributed by atoms with Gasteiger partial charge in [0.05, 0.1) is 13.2 Å². The van der Waals surface area contributed by atoms with E-state index in [1.54, 1.807) is 7.11 Å². The Kier molecular flexibility index (Phi) is 6.14. The first-order chi connectivity index (χ1) is 17.7. The second-order valence-electron chi connectivity index (χ2n) is 9.69. The molecule has 9 heteroatoms. The van der Waals surface area contributed by atoms with Gasteiger partial charge in [0, 0.05) is 48.3 Å². The molecule has 2 aromatic carbocycles. The van der Waals surface area contributed by atoms with Crippen LogP contribution >= 0.6 is 0 Å². The van der Waals surface area contributed by atoms with Gasteiger partial charge < -0.3 is 14.6 Å². The number of ether oxygens (including phenoxy) is 1. The highest BCUT2D eigenvalue weighted by Crippen LogP contribution is 2.34. The molecule has 1 saturated heterocycles. The highest BCUT2D eigenvalue weighted by Gasteiger charge is 2.34. The number of nitrogens with zero attached hydrogens (tertiary/aromatic N) is 6. The van der Waals surface area contributed by atoms with Crippen molar-refractivity contribution >= 4 is 16.6 Å². The molecule has 2 fully saturated rings. The SMILES string of the molecule is COc1ccc2[nH]c(=O)c([C@H](c3nnnn3C3CCCC3)N3CCN(c4ccccc4)CC3)cc2c1. The molecular formula is C27H31N7O2. The van der Waals surface area contributed by atoms with Gasteiger partial charge in [0.2, 0.25) is 0 Å². The van der Waals surface area contributed by atoms with E-state index in [9.17, 15) is 4.79 Å². The maximum Gasteiger partial charge on any atom is 0.253 e. The molecule has 6 rings (SSSR count). The molecule has 186 valence electrons. The van der Waals surface area contributed by atoms with Gasteiger partial charge in [-0.1, -0.05) is 31.0 Å². The summed E-state index contributed by atoms with van der Waals surface area (Å²) in [5.74, 6) is 1.51. The van der Waals surface area contributed by atoms with Crippen LogP contribution in [0.1, 0.15) is 49.2 Å². The number of benzene rings is 2. The highest BCUT2D eigenvalue weighted by molar-refractivity contribution is 5.80. The Morgan fingerprint density at radius 2 is 1.78 bits per heavy atom. The van der Waals surface area contributed by atoms with Gasteiger partial charge in [-0.15, -0.1) is 5.10 Å². The third kappa shape index (κ3) is 4.24. The Morgan fingerprint density at radius 3 is 2.53 bits per heavy atom. The highest BCUT2D eigenvalue weighted by atomic mass is 16.5. The number of nitrogens with one attached hydrogen (secondary N) is 1. The Balaban J connectivity index is 1.40. The quantitative estimate of drug-likeness (QED) is 0.447. The monoisotopic (exact) mass is 485 g/mol. The Hall–Kier alpha value is -3.72. The van der Waals surface area contributed by atoms with Crippen LogP contribution in [0.15, 0.2) is 59.4 Å². The smallest absolute Gasteiger partial charge is 0.253 e. The van der Waals surface area contributed by atoms with E-state index in [-0.39, 0.29) is 17.6 Å². The van der Waals surface area contributed by atoms with Crippen LogP contribution in [0, 0.1) is 0 Å². The first-order valence-electron chi connectivity index (χ1n) is 12.7. The molecule has 1 saturated carbocycles. The van der Waals surface area contributed by atoms with Gasteiger partial charge >= 0.3 is 0 Å². The number of hydrogen-bond donors (Lipinski definition) is 1. The summed E-state index contributed by atoms with van der Waals surface area (Å²) in [4.78, 5) is 21.3. The lowest BCUT2D eigenvalue weighted by atomic mass is 10.0. The van der Waals surface area contributed by atoms with E-state index in [1.165, 1.54) is 18.5 Å². The Bertz CT molecular complexity index is 1390. The van der Waals surface area contributed by atoms with Gasteiger partial charge in [-0.05, 0) is 59.7 Å². The largest absolute Gasteiger partial charge is 0.497 e. The van der Waals surface area contributed by atoms with Crippen molar-refractivity contribution in [3.05, 3.63) is 76.3 Å². The number of tetrazole rings is 1. The number of pyridine rings is 1. The Morgan fingerprint density at radius 1 is 1.00 bits per heavy atom. The van der Waals surface area contributed by atoms with Crippen LogP contribution in [-0.2, 0) is 0 Å². The molecule has 1 atom stereocenters. The van der Waals surface area contributed by atoms with Crippen LogP contribution < -0.4 is 15.2 Å². The van der Waals surface area contributed by atoms with Gasteiger partial charge in [-0.2, -0.15) is 0 Å². The zero-order chi connectivity index (χ0) is 24.5. The van der Waals surface area contributed by atoms with Crippen LogP contribution in [0.2, 0.25) is 0 Å². The van der Waals surface area contributed by atoms with Gasteiger partial charge in [-0.3, -0.25) is 9.69 Å². The number of para-hydroxylation sites is 1. The molecule has 1 N–H and O–H groups in total. The van der Waals surface area contributed by atoms with Crippen molar-refractivity contribution in [2.75, 3.05) is 38.2 Å². The van der Waals surface area contributed by atoms with Crippen molar-refractivity contribution in [1.29, 1.82) is 0 Å². The van der Waals surface area contributed by atoms with Crippen molar-refractivity contribution in [1.82, 2.24) is 30.1 Å². The van der Waals surface area contributed by atoms with E-state index in [0.29, 0.717) is 5.56 Å². The topological polar surface area (TPSA) is 92.2 Å². The molecule has 3 heterocycles. The third-order valence-electron chi connectivity index (χ3n) is 7.61. The van der Waals surface area contributed by atoms with Crippen molar-refractivity contribution in [3.63, 3.8) is 0 Å². The molecule has 2 aliphatic rings. The maximum absolute atomic E-state index is 13.5. The lowest BCUT2D eigenvalue weighted by Gasteiger charge is -2.39. The normalized spacial score (nSPS) is 18.1. The van der Waals surface area contributed by atoms with E-state index < -0.39 is 0 Å². The number of rotatable bonds is 6. The lowest BCUT2D eigenvalue weighted by Crippen LogP contribution is -2.49. The summed E-state index contributed by atoms with van der Waals surface area (Å²) in [7, 11) is 1.65. The molecule has 0 radical (unpaired) electrons. The van der Waals surface area contributed by atoms with Crippen LogP contribution in [-0.4, -0.2) is 63.4 Å². The number of hydrogen-bond acceptors (Lipinski definition) is 7. The van der Waals surface area contributed by atoms with Crippen LogP contribution in [0.25, 0.3) is 10.9 Å². The first kappa shape index (κ1) is 22.7. The fourth-order valence-electron chi connectivity index (χ4n) is 5.70. The fourth-order valence-corrected chi connectivity index (χ4v) is 5.70. The lowest BCUT2D eigenvalue weighted by molar-refractivity contribution is 0.197. The van der Waals surface area contributed by atoms with E-state index in [1.807, 2.05) is 35.0 Å². The van der Waals surface area contributed by atoms with Crippen molar-refractivity contribution in [2.24, 2.45) is 0 Å². The summed E-state index contributed by atoms with van der Waals surface area (Å²) in [5, 5.41) is 13.9. The molecule has 1 aliphatic heterocycles. The minimum Gasteiger partial charge on any atom is -0.497 e. The van der Waals surface area contributed by atoms with E-state index in [0.717, 1.165) is 61.5 Å². The van der Waals surface area contributed by atoms with Crippen molar-refractivity contribution < 1.29 is 4.74 Å². The number of H-pyrrole nitrogens is 1. The second kappa shape index (κ2) is 9.73. The van der Waals surface area contributed by atoms with Gasteiger partial charge in [0.1, 0.15) is 11.8 Å². The van der Waals surface area contributed by atoms with E-state index >= 15 is 0 Å². The molecule has 4 aromatic rings. The summed E-state index contributed by atoms with van der Waals surface area (Å²) >= 11 is 0. The summed E-state index contributed by atoms with van der Waals surface area (Å²) in [6.45, 7) is 3.33. The molecule has 9 nitrogen and oxygen atoms in total. The Labute approximate surface area is 209 Å². The average Bonchev–Trinajstić information content (AvgIpc) is 3.62. The molecule has 2 aromatic heterocycles. The predicted octanol–water partition coefficient (Wildman–Crippen LogP) is 3.55. The first-order valence-corrected chi connectivity index (χ1v) is 12.7. The number of aromatic nitrogens is 5. The molecule has 0 bridgehead atoms. The zero-order valence-corrected chi connectivity index (χ0v) is 20.5. The fraction of sp³-hybridized carbons (Fsp3) is 0.407. The molecule has 36 heavy (non-hydrogen) atoms. The number of aromatic amines is 1. The molecule has 0 spiro atoms. The summed E-state index contributed by atoms with van der Waals surface area (Å²) in [5.41, 5.74) is 2.56. The van der Waals surface area contributed by atoms with Gasteiger partial charge in [0.25, 0.3) is 5.56 Å². The van der Waals surface area contributed by atoms with Crippen molar-refractivity contribution in [3.8, 4) is 5.75 Å². The van der Waals surface area contributed by atoms with Gasteiger partial charge in [0.15, 0.2) is 5.82 Å². The summed E-state index contributed by atoms with van der Waals surface area (Å²) in [6, 6.07) is 18.1. The number of methoxy groups -OCH3 is 1. The minimum absolute atomic E-state index is 0.107. The molecular weight excluding hydrogens is 454 g/mol. The molecule has 0 unspecified atom stereocenters. The van der Waals surface area contributed by atoms with Crippen LogP contribution in [0.3, 0.4) is 0 Å². The van der Waals surface area contributed by atoms with Crippen LogP contribution in [0.4, 0.5) is 5.69 Å². The summed E-state index contributed by atoms with van der Waals surface area (Å²) < 4.78 is 7.42. The van der Waals surface area contributed by atoms with Crippen LogP contribution in [0.5, 0.6) is 5.75 Å². The minimum atomic E-state index is -0.335. The molecule has 0 amide bonds. The average molecular weight is 486 g/mol. The number of piperazine rings is 1. The van der Waals surface area contributed by atoms with Crippen molar-refractivity contribution in [2.45, 2.75) is 37.8 Å². The molecule has 1 aliphatic carbocycles. The standard InChI is InChI=1S/C27H31N7O2/c1-36-22-11-12-24-19(17-22)18-23(27(35)28-24)25(26-29-30-31-34(26)21-9-5-6-10-21)33-15-13-32(14-16-33)20-7-3-2-4-8-20/h2-4,7-8,11-12,17-18,21,25H,5-6,9-10,13-16H2,1H3,(H,28,35)/t25-/m1/s1. The van der Waals surface area contributed by atoms with Gasteiger partial charge in [-0.25, -0.2) is 4.68 Å². The summed E-state index contributed by atoms with van der Waals surface area (Å²) in [6.07, 6.45) is 4.50. The zero-order valence-electron chi connectivity index (χ0n) is 20.5. The predicted molar refractivity (Wildman–Crippen MR) is 139 cm³/mol. The second-order valence-corrected chi connectivity index (χ2v) is 9.69. The number of fused-ring (bicyclic) bond motifs is 1. The van der Waals surface area contributed by atoms with E-state index in [2.05, 4.69) is 54.6 Å². The maximum atomic E-state index is 13.5. The van der Waals surface area contributed by atoms with E-state index in [4.69, 9.17) is 4.74 Å². The number of anilines is 1. The third-order valence-corrected chi connectivity index (χ3v) is 7.61.